The zero-order chi connectivity index (χ0) is 24.9. The van der Waals surface area contributed by atoms with Crippen LogP contribution in [0.4, 0.5) is 17.6 Å². The van der Waals surface area contributed by atoms with E-state index in [1.807, 2.05) is 0 Å². The molecule has 3 aromatic carbocycles. The van der Waals surface area contributed by atoms with Crippen LogP contribution in [0.1, 0.15) is 27.6 Å². The number of nitrogens with zero attached hydrogens (tertiary/aromatic N) is 2. The quantitative estimate of drug-likeness (QED) is 0.390. The minimum Gasteiger partial charge on any atom is -0.367 e. The Morgan fingerprint density at radius 3 is 2.09 bits per heavy atom. The van der Waals surface area contributed by atoms with Gasteiger partial charge < -0.3 is 9.64 Å². The first-order valence-corrected chi connectivity index (χ1v) is 11.5. The number of rotatable bonds is 7. The number of carbonyl (C=O) groups is 1. The summed E-state index contributed by atoms with van der Waals surface area (Å²) in [6, 6.07) is 13.4. The lowest BCUT2D eigenvalue weighted by Gasteiger charge is -2.36. The number of carbonyl (C=O) groups excluding carboxylic acids is 1. The summed E-state index contributed by atoms with van der Waals surface area (Å²) in [4.78, 5) is 16.3. The summed E-state index contributed by atoms with van der Waals surface area (Å²) < 4.78 is 61.2. The van der Waals surface area contributed by atoms with E-state index in [2.05, 4.69) is 4.90 Å². The molecule has 184 valence electrons. The molecule has 0 radical (unpaired) electrons. The van der Waals surface area contributed by atoms with E-state index in [9.17, 15) is 22.4 Å². The first-order chi connectivity index (χ1) is 16.8. The average Bonchev–Trinajstić information content (AvgIpc) is 2.83. The monoisotopic (exact) mass is 506 g/mol. The molecule has 1 fully saturated rings. The van der Waals surface area contributed by atoms with Crippen LogP contribution < -0.4 is 0 Å². The second-order valence-corrected chi connectivity index (χ2v) is 8.74. The third-order valence-corrected chi connectivity index (χ3v) is 6.18. The number of amides is 1. The molecule has 4 rings (SSSR count). The van der Waals surface area contributed by atoms with Gasteiger partial charge in [0.1, 0.15) is 23.3 Å². The predicted octanol–water partition coefficient (Wildman–Crippen LogP) is 5.61. The highest BCUT2D eigenvalue weighted by molar-refractivity contribution is 6.30. The second-order valence-electron chi connectivity index (χ2n) is 8.30. The molecule has 0 spiro atoms. The van der Waals surface area contributed by atoms with Crippen molar-refractivity contribution in [1.29, 1.82) is 0 Å². The van der Waals surface area contributed by atoms with E-state index in [0.717, 1.165) is 23.8 Å². The highest BCUT2D eigenvalue weighted by atomic mass is 35.5. The van der Waals surface area contributed by atoms with Crippen LogP contribution in [0.2, 0.25) is 5.02 Å². The van der Waals surface area contributed by atoms with Gasteiger partial charge in [0, 0.05) is 54.9 Å². The minimum atomic E-state index is -0.804. The summed E-state index contributed by atoms with van der Waals surface area (Å²) in [6.07, 6.45) is -0.508. The number of piperazine rings is 1. The molecule has 0 aliphatic carbocycles. The third-order valence-electron chi connectivity index (χ3n) is 5.93. The first kappa shape index (κ1) is 25.2. The molecule has 1 atom stereocenters. The van der Waals surface area contributed by atoms with Gasteiger partial charge >= 0.3 is 0 Å². The van der Waals surface area contributed by atoms with Crippen LogP contribution in [0, 0.1) is 23.3 Å². The van der Waals surface area contributed by atoms with E-state index in [-0.39, 0.29) is 17.7 Å². The molecule has 0 aromatic heterocycles. The van der Waals surface area contributed by atoms with Crippen LogP contribution >= 0.6 is 11.6 Å². The highest BCUT2D eigenvalue weighted by Crippen LogP contribution is 2.25. The van der Waals surface area contributed by atoms with E-state index >= 15 is 0 Å². The number of halogens is 5. The summed E-state index contributed by atoms with van der Waals surface area (Å²) in [5.41, 5.74) is 0.606. The SMILES string of the molecule is O=C(c1cc(F)cc(F)c1)N1CCN(C[C@@H](OCc2c(F)cccc2F)c2ccc(Cl)cc2)CC1. The maximum absolute atomic E-state index is 14.1. The molecule has 1 heterocycles. The van der Waals surface area contributed by atoms with E-state index < -0.39 is 35.3 Å². The van der Waals surface area contributed by atoms with Crippen molar-refractivity contribution in [2.45, 2.75) is 12.7 Å². The van der Waals surface area contributed by atoms with Crippen LogP contribution in [0.3, 0.4) is 0 Å². The number of benzene rings is 3. The topological polar surface area (TPSA) is 32.8 Å². The van der Waals surface area contributed by atoms with E-state index in [1.54, 1.807) is 24.3 Å². The predicted molar refractivity (Wildman–Crippen MR) is 124 cm³/mol. The van der Waals surface area contributed by atoms with Gasteiger partial charge in [-0.2, -0.15) is 0 Å². The van der Waals surface area contributed by atoms with Crippen molar-refractivity contribution in [3.63, 3.8) is 0 Å². The first-order valence-electron chi connectivity index (χ1n) is 11.1. The largest absolute Gasteiger partial charge is 0.367 e. The molecule has 4 nitrogen and oxygen atoms in total. The lowest BCUT2D eigenvalue weighted by atomic mass is 10.1. The molecule has 1 aliphatic heterocycles. The zero-order valence-electron chi connectivity index (χ0n) is 18.7. The molecular weight excluding hydrogens is 484 g/mol. The highest BCUT2D eigenvalue weighted by Gasteiger charge is 2.26. The molecule has 9 heteroatoms. The Labute approximate surface area is 205 Å². The minimum absolute atomic E-state index is 0.0368. The smallest absolute Gasteiger partial charge is 0.254 e. The average molecular weight is 507 g/mol. The van der Waals surface area contributed by atoms with Crippen molar-refractivity contribution in [3.8, 4) is 0 Å². The van der Waals surface area contributed by atoms with Gasteiger partial charge in [0.25, 0.3) is 5.91 Å². The second kappa shape index (κ2) is 11.2. The van der Waals surface area contributed by atoms with Gasteiger partial charge in [0.2, 0.25) is 0 Å². The van der Waals surface area contributed by atoms with Crippen LogP contribution in [0.25, 0.3) is 0 Å². The number of hydrogen-bond donors (Lipinski definition) is 0. The molecule has 0 saturated carbocycles. The Bertz CT molecular complexity index is 1140. The van der Waals surface area contributed by atoms with Crippen LogP contribution in [0.15, 0.2) is 60.7 Å². The van der Waals surface area contributed by atoms with Crippen LogP contribution in [0.5, 0.6) is 0 Å². The van der Waals surface area contributed by atoms with Gasteiger partial charge in [-0.05, 0) is 42.0 Å². The van der Waals surface area contributed by atoms with Crippen molar-refractivity contribution in [2.24, 2.45) is 0 Å². The molecule has 1 amide bonds. The fourth-order valence-electron chi connectivity index (χ4n) is 4.01. The van der Waals surface area contributed by atoms with Gasteiger partial charge in [-0.25, -0.2) is 17.6 Å². The maximum atomic E-state index is 14.1. The number of hydrogen-bond acceptors (Lipinski definition) is 3. The third kappa shape index (κ3) is 6.39. The molecular formula is C26H23ClF4N2O2. The van der Waals surface area contributed by atoms with Crippen molar-refractivity contribution in [1.82, 2.24) is 9.80 Å². The molecule has 1 saturated heterocycles. The van der Waals surface area contributed by atoms with Crippen molar-refractivity contribution >= 4 is 17.5 Å². The lowest BCUT2D eigenvalue weighted by Crippen LogP contribution is -2.49. The fraction of sp³-hybridized carbons (Fsp3) is 0.269. The van der Waals surface area contributed by atoms with Crippen molar-refractivity contribution in [2.75, 3.05) is 32.7 Å². The summed E-state index contributed by atoms with van der Waals surface area (Å²) >= 11 is 6.00. The van der Waals surface area contributed by atoms with Gasteiger partial charge in [0.15, 0.2) is 0 Å². The van der Waals surface area contributed by atoms with Gasteiger partial charge in [-0.15, -0.1) is 0 Å². The Hall–Kier alpha value is -2.94. The molecule has 0 unspecified atom stereocenters. The standard InChI is InChI=1S/C26H23ClF4N2O2/c27-19-6-4-17(5-7-19)25(35-16-22-23(30)2-1-3-24(22)31)15-32-8-10-33(11-9-32)26(34)18-12-20(28)14-21(29)13-18/h1-7,12-14,25H,8-11,15-16H2/t25-/m1/s1. The van der Waals surface area contributed by atoms with E-state index in [0.29, 0.717) is 37.7 Å². The summed E-state index contributed by atoms with van der Waals surface area (Å²) in [5, 5.41) is 0.550. The van der Waals surface area contributed by atoms with Gasteiger partial charge in [0.05, 0.1) is 12.7 Å². The Morgan fingerprint density at radius 1 is 0.886 bits per heavy atom. The van der Waals surface area contributed by atoms with Gasteiger partial charge in [-0.1, -0.05) is 29.8 Å². The molecule has 0 bridgehead atoms. The van der Waals surface area contributed by atoms with Crippen molar-refractivity contribution in [3.05, 3.63) is 106 Å². The summed E-state index contributed by atoms with van der Waals surface area (Å²) in [6.45, 7) is 1.85. The van der Waals surface area contributed by atoms with E-state index in [4.69, 9.17) is 16.3 Å². The van der Waals surface area contributed by atoms with Crippen molar-refractivity contribution < 1.29 is 27.1 Å². The van der Waals surface area contributed by atoms with Crippen LogP contribution in [-0.4, -0.2) is 48.4 Å². The Kier molecular flexibility index (Phi) is 8.05. The molecule has 3 aromatic rings. The summed E-state index contributed by atoms with van der Waals surface area (Å²) in [7, 11) is 0. The van der Waals surface area contributed by atoms with E-state index in [1.165, 1.54) is 23.1 Å². The Balaban J connectivity index is 1.42. The Morgan fingerprint density at radius 2 is 1.49 bits per heavy atom. The fourth-order valence-corrected chi connectivity index (χ4v) is 4.14. The molecule has 1 aliphatic rings. The molecule has 0 N–H and O–H groups in total. The lowest BCUT2D eigenvalue weighted by molar-refractivity contribution is 0.00144. The summed E-state index contributed by atoms with van der Waals surface area (Å²) in [5.74, 6) is -3.41. The normalized spacial score (nSPS) is 15.3. The molecule has 35 heavy (non-hydrogen) atoms. The number of ether oxygens (including phenoxy) is 1. The van der Waals surface area contributed by atoms with Crippen LogP contribution in [-0.2, 0) is 11.3 Å². The maximum Gasteiger partial charge on any atom is 0.254 e. The zero-order valence-corrected chi connectivity index (χ0v) is 19.5. The van der Waals surface area contributed by atoms with Gasteiger partial charge in [-0.3, -0.25) is 9.69 Å².